The molecule has 0 saturated heterocycles. The zero-order chi connectivity index (χ0) is 10.6. The smallest absolute Gasteiger partial charge is 0.210 e. The molecule has 1 aliphatic rings. The average molecular weight is 238 g/mol. The predicted octanol–water partition coefficient (Wildman–Crippen LogP) is 1.59. The van der Waals surface area contributed by atoms with E-state index in [-0.39, 0.29) is 0 Å². The molecule has 4 nitrogen and oxygen atoms in total. The lowest BCUT2D eigenvalue weighted by Crippen LogP contribution is -2.28. The molecule has 6 heteroatoms. The SMILES string of the molecule is O=C=NS(=O)(=O)C1CCCCCC1Cl. The molecule has 0 bridgehead atoms. The van der Waals surface area contributed by atoms with E-state index in [4.69, 9.17) is 11.6 Å². The number of carbonyl (C=O) groups excluding carboxylic acids is 1. The summed E-state index contributed by atoms with van der Waals surface area (Å²) in [6.07, 6.45) is 4.97. The lowest BCUT2D eigenvalue weighted by molar-refractivity contribution is 0.556. The van der Waals surface area contributed by atoms with Gasteiger partial charge in [0.15, 0.2) is 0 Å². The second kappa shape index (κ2) is 4.91. The third-order valence-corrected chi connectivity index (χ3v) is 4.75. The largest absolute Gasteiger partial charge is 0.267 e. The molecule has 0 spiro atoms. The summed E-state index contributed by atoms with van der Waals surface area (Å²) in [5.41, 5.74) is 0. The summed E-state index contributed by atoms with van der Waals surface area (Å²) >= 11 is 5.94. The van der Waals surface area contributed by atoms with Crippen LogP contribution in [0.3, 0.4) is 0 Å². The molecule has 1 saturated carbocycles. The second-order valence-corrected chi connectivity index (χ2v) is 5.77. The van der Waals surface area contributed by atoms with Gasteiger partial charge in [0.2, 0.25) is 0 Å². The van der Waals surface area contributed by atoms with Crippen LogP contribution in [0.2, 0.25) is 0 Å². The van der Waals surface area contributed by atoms with Crippen molar-refractivity contribution in [2.75, 3.05) is 0 Å². The van der Waals surface area contributed by atoms with E-state index in [9.17, 15) is 13.2 Å². The molecule has 0 N–H and O–H groups in total. The van der Waals surface area contributed by atoms with E-state index in [1.165, 1.54) is 0 Å². The minimum Gasteiger partial charge on any atom is -0.210 e. The summed E-state index contributed by atoms with van der Waals surface area (Å²) in [5, 5.41) is -1.15. The standard InChI is InChI=1S/C8H12ClNO3S/c9-7-4-2-1-3-5-8(7)14(12,13)10-6-11/h7-8H,1-5H2. The number of hydrogen-bond acceptors (Lipinski definition) is 3. The number of hydrogen-bond donors (Lipinski definition) is 0. The first-order valence-electron chi connectivity index (χ1n) is 4.55. The zero-order valence-corrected chi connectivity index (χ0v) is 9.22. The van der Waals surface area contributed by atoms with Gasteiger partial charge in [-0.2, -0.15) is 0 Å². The Balaban J connectivity index is 2.88. The van der Waals surface area contributed by atoms with E-state index in [1.807, 2.05) is 0 Å². The van der Waals surface area contributed by atoms with E-state index in [0.29, 0.717) is 12.8 Å². The van der Waals surface area contributed by atoms with Gasteiger partial charge in [-0.25, -0.2) is 13.2 Å². The summed E-state index contributed by atoms with van der Waals surface area (Å²) in [5.74, 6) is 0. The van der Waals surface area contributed by atoms with Crippen LogP contribution in [0.5, 0.6) is 0 Å². The Kier molecular flexibility index (Phi) is 4.11. The number of rotatable bonds is 2. The first kappa shape index (κ1) is 11.7. The van der Waals surface area contributed by atoms with E-state index in [0.717, 1.165) is 25.3 Å². The highest BCUT2D eigenvalue weighted by Crippen LogP contribution is 2.27. The van der Waals surface area contributed by atoms with Crippen LogP contribution in [0.4, 0.5) is 0 Å². The molecule has 0 amide bonds. The monoisotopic (exact) mass is 237 g/mol. The van der Waals surface area contributed by atoms with Gasteiger partial charge in [-0.05, 0) is 12.8 Å². The molecule has 0 radical (unpaired) electrons. The van der Waals surface area contributed by atoms with Gasteiger partial charge in [0, 0.05) is 0 Å². The van der Waals surface area contributed by atoms with Crippen LogP contribution in [-0.2, 0) is 14.8 Å². The molecule has 0 aromatic rings. The van der Waals surface area contributed by atoms with Crippen LogP contribution >= 0.6 is 11.6 Å². The van der Waals surface area contributed by atoms with Gasteiger partial charge >= 0.3 is 0 Å². The van der Waals surface area contributed by atoms with Gasteiger partial charge in [0.25, 0.3) is 16.1 Å². The third kappa shape index (κ3) is 2.80. The van der Waals surface area contributed by atoms with Gasteiger partial charge in [0.05, 0.1) is 10.6 Å². The fourth-order valence-electron chi connectivity index (χ4n) is 1.68. The van der Waals surface area contributed by atoms with Crippen LogP contribution in [0.15, 0.2) is 4.40 Å². The van der Waals surface area contributed by atoms with Crippen LogP contribution in [-0.4, -0.2) is 25.1 Å². The topological polar surface area (TPSA) is 63.6 Å². The Morgan fingerprint density at radius 1 is 1.21 bits per heavy atom. The maximum absolute atomic E-state index is 11.4. The molecule has 80 valence electrons. The first-order chi connectivity index (χ1) is 6.58. The van der Waals surface area contributed by atoms with Crippen molar-refractivity contribution in [3.05, 3.63) is 0 Å². The quantitative estimate of drug-likeness (QED) is 0.317. The highest BCUT2D eigenvalue weighted by Gasteiger charge is 2.33. The lowest BCUT2D eigenvalue weighted by atomic mass is 10.2. The number of halogens is 1. The summed E-state index contributed by atoms with van der Waals surface area (Å²) in [7, 11) is -3.74. The molecule has 0 aliphatic heterocycles. The van der Waals surface area contributed by atoms with E-state index >= 15 is 0 Å². The highest BCUT2D eigenvalue weighted by atomic mass is 35.5. The molecule has 14 heavy (non-hydrogen) atoms. The van der Waals surface area contributed by atoms with Crippen LogP contribution in [0.25, 0.3) is 0 Å². The molecule has 1 fully saturated rings. The Morgan fingerprint density at radius 3 is 2.50 bits per heavy atom. The number of isocyanates is 1. The summed E-state index contributed by atoms with van der Waals surface area (Å²) < 4.78 is 25.7. The minimum absolute atomic E-state index is 0.431. The Hall–Kier alpha value is -0.380. The van der Waals surface area contributed by atoms with Crippen molar-refractivity contribution in [2.24, 2.45) is 4.40 Å². The first-order valence-corrected chi connectivity index (χ1v) is 6.49. The lowest BCUT2D eigenvalue weighted by Gasteiger charge is -2.15. The summed E-state index contributed by atoms with van der Waals surface area (Å²) in [4.78, 5) is 9.94. The second-order valence-electron chi connectivity index (χ2n) is 3.39. The summed E-state index contributed by atoms with van der Waals surface area (Å²) in [6.45, 7) is 0. The highest BCUT2D eigenvalue weighted by molar-refractivity contribution is 7.90. The molecule has 0 heterocycles. The molecule has 0 aromatic heterocycles. The Morgan fingerprint density at radius 2 is 1.86 bits per heavy atom. The van der Waals surface area contributed by atoms with Gasteiger partial charge in [-0.3, -0.25) is 0 Å². The number of sulfonamides is 1. The van der Waals surface area contributed by atoms with Gasteiger partial charge < -0.3 is 0 Å². The fourth-order valence-corrected chi connectivity index (χ4v) is 3.57. The molecule has 1 aliphatic carbocycles. The van der Waals surface area contributed by atoms with E-state index < -0.39 is 20.7 Å². The van der Waals surface area contributed by atoms with Crippen molar-refractivity contribution < 1.29 is 13.2 Å². The molecule has 2 unspecified atom stereocenters. The van der Waals surface area contributed by atoms with Crippen molar-refractivity contribution in [2.45, 2.75) is 42.7 Å². The van der Waals surface area contributed by atoms with Crippen molar-refractivity contribution in [1.82, 2.24) is 0 Å². The van der Waals surface area contributed by atoms with Crippen LogP contribution < -0.4 is 0 Å². The Bertz CT molecular complexity index is 334. The zero-order valence-electron chi connectivity index (χ0n) is 7.65. The molecule has 0 aromatic carbocycles. The van der Waals surface area contributed by atoms with Crippen molar-refractivity contribution >= 4 is 27.7 Å². The maximum atomic E-state index is 11.4. The third-order valence-electron chi connectivity index (χ3n) is 2.42. The Labute approximate surface area is 88.4 Å². The molecular formula is C8H12ClNO3S. The molecule has 1 rings (SSSR count). The van der Waals surface area contributed by atoms with Gasteiger partial charge in [0.1, 0.15) is 0 Å². The normalized spacial score (nSPS) is 28.9. The number of nitrogens with zero attached hydrogens (tertiary/aromatic N) is 1. The number of alkyl halides is 1. The van der Waals surface area contributed by atoms with Crippen LogP contribution in [0, 0.1) is 0 Å². The molecular weight excluding hydrogens is 226 g/mol. The maximum Gasteiger partial charge on any atom is 0.267 e. The van der Waals surface area contributed by atoms with Gasteiger partial charge in [-0.15, -0.1) is 11.6 Å². The van der Waals surface area contributed by atoms with E-state index in [1.54, 1.807) is 0 Å². The average Bonchev–Trinajstić information content (AvgIpc) is 2.29. The van der Waals surface area contributed by atoms with Crippen molar-refractivity contribution in [3.63, 3.8) is 0 Å². The fraction of sp³-hybridized carbons (Fsp3) is 0.875. The summed E-state index contributed by atoms with van der Waals surface area (Å²) in [6, 6.07) is 0. The van der Waals surface area contributed by atoms with Crippen LogP contribution in [0.1, 0.15) is 32.1 Å². The van der Waals surface area contributed by atoms with Crippen molar-refractivity contribution in [1.29, 1.82) is 0 Å². The molecule has 2 atom stereocenters. The minimum atomic E-state index is -3.74. The van der Waals surface area contributed by atoms with Gasteiger partial charge in [-0.1, -0.05) is 23.7 Å². The van der Waals surface area contributed by atoms with E-state index in [2.05, 4.69) is 4.40 Å². The van der Waals surface area contributed by atoms with Crippen molar-refractivity contribution in [3.8, 4) is 0 Å². The predicted molar refractivity (Wildman–Crippen MR) is 53.6 cm³/mol.